The van der Waals surface area contributed by atoms with Crippen molar-refractivity contribution in [2.45, 2.75) is 25.6 Å². The summed E-state index contributed by atoms with van der Waals surface area (Å²) in [5, 5.41) is 9.62. The van der Waals surface area contributed by atoms with Gasteiger partial charge in [0.05, 0.1) is 13.2 Å². The predicted molar refractivity (Wildman–Crippen MR) is 120 cm³/mol. The highest BCUT2D eigenvalue weighted by Crippen LogP contribution is 2.32. The molecule has 1 aromatic heterocycles. The summed E-state index contributed by atoms with van der Waals surface area (Å²) in [7, 11) is 1.67. The van der Waals surface area contributed by atoms with Gasteiger partial charge in [0.25, 0.3) is 0 Å². The SMILES string of the molecule is COCc1ccccc1Oc1ccc(N2CCC(Oc3ccccn3)C2)c(CCO)c1. The quantitative estimate of drug-likeness (QED) is 0.559. The molecule has 6 heteroatoms. The molecule has 31 heavy (non-hydrogen) atoms. The van der Waals surface area contributed by atoms with Crippen molar-refractivity contribution in [1.82, 2.24) is 4.98 Å². The highest BCUT2D eigenvalue weighted by atomic mass is 16.5. The Labute approximate surface area is 183 Å². The van der Waals surface area contributed by atoms with Crippen LogP contribution in [0.15, 0.2) is 66.9 Å². The number of rotatable bonds is 9. The summed E-state index contributed by atoms with van der Waals surface area (Å²) in [4.78, 5) is 6.57. The second-order valence-corrected chi connectivity index (χ2v) is 7.55. The number of aromatic nitrogens is 1. The van der Waals surface area contributed by atoms with E-state index in [1.54, 1.807) is 13.3 Å². The van der Waals surface area contributed by atoms with Gasteiger partial charge in [-0.05, 0) is 42.3 Å². The lowest BCUT2D eigenvalue weighted by molar-refractivity contribution is 0.182. The normalized spacial score (nSPS) is 15.8. The minimum absolute atomic E-state index is 0.0818. The fraction of sp³-hybridized carbons (Fsp3) is 0.320. The van der Waals surface area contributed by atoms with E-state index >= 15 is 0 Å². The van der Waals surface area contributed by atoms with Crippen molar-refractivity contribution in [2.24, 2.45) is 0 Å². The molecular weight excluding hydrogens is 392 g/mol. The van der Waals surface area contributed by atoms with Crippen LogP contribution < -0.4 is 14.4 Å². The molecule has 0 bridgehead atoms. The van der Waals surface area contributed by atoms with Crippen LogP contribution >= 0.6 is 0 Å². The van der Waals surface area contributed by atoms with Crippen LogP contribution in [0.2, 0.25) is 0 Å². The van der Waals surface area contributed by atoms with Crippen molar-refractivity contribution in [1.29, 1.82) is 0 Å². The van der Waals surface area contributed by atoms with Gasteiger partial charge in [0, 0.05) is 50.2 Å². The smallest absolute Gasteiger partial charge is 0.213 e. The average molecular weight is 421 g/mol. The first-order valence-corrected chi connectivity index (χ1v) is 10.6. The Bertz CT molecular complexity index is 980. The Kier molecular flexibility index (Phi) is 7.02. The third-order valence-corrected chi connectivity index (χ3v) is 5.34. The number of hydrogen-bond acceptors (Lipinski definition) is 6. The molecule has 1 saturated heterocycles. The lowest BCUT2D eigenvalue weighted by Gasteiger charge is -2.23. The Hall–Kier alpha value is -3.09. The van der Waals surface area contributed by atoms with Crippen LogP contribution in [-0.2, 0) is 17.8 Å². The average Bonchev–Trinajstić information content (AvgIpc) is 3.25. The Morgan fingerprint density at radius 1 is 1.06 bits per heavy atom. The number of benzene rings is 2. The third-order valence-electron chi connectivity index (χ3n) is 5.34. The van der Waals surface area contributed by atoms with Crippen molar-refractivity contribution >= 4 is 5.69 Å². The minimum atomic E-state index is 0.0818. The largest absolute Gasteiger partial charge is 0.472 e. The van der Waals surface area contributed by atoms with Crippen molar-refractivity contribution < 1.29 is 19.3 Å². The zero-order valence-electron chi connectivity index (χ0n) is 17.7. The molecule has 1 atom stereocenters. The van der Waals surface area contributed by atoms with Gasteiger partial charge < -0.3 is 24.2 Å². The molecule has 2 heterocycles. The Balaban J connectivity index is 1.49. The number of nitrogens with zero attached hydrogens (tertiary/aromatic N) is 2. The van der Waals surface area contributed by atoms with E-state index in [1.165, 1.54) is 0 Å². The van der Waals surface area contributed by atoms with Gasteiger partial charge >= 0.3 is 0 Å². The number of aliphatic hydroxyl groups is 1. The van der Waals surface area contributed by atoms with Crippen LogP contribution in [0.1, 0.15) is 17.5 Å². The number of ether oxygens (including phenoxy) is 3. The molecular formula is C25H28N2O4. The summed E-state index contributed by atoms with van der Waals surface area (Å²) in [5.74, 6) is 2.18. The van der Waals surface area contributed by atoms with E-state index in [4.69, 9.17) is 14.2 Å². The fourth-order valence-corrected chi connectivity index (χ4v) is 3.89. The summed E-state index contributed by atoms with van der Waals surface area (Å²) in [6.45, 7) is 2.25. The maximum atomic E-state index is 9.62. The number of aliphatic hydroxyl groups excluding tert-OH is 1. The predicted octanol–water partition coefficient (Wildman–Crippen LogP) is 4.21. The van der Waals surface area contributed by atoms with Crippen LogP contribution in [-0.4, -0.2) is 43.0 Å². The van der Waals surface area contributed by atoms with Gasteiger partial charge in [-0.3, -0.25) is 0 Å². The molecule has 0 radical (unpaired) electrons. The van der Waals surface area contributed by atoms with E-state index in [1.807, 2.05) is 54.6 Å². The number of methoxy groups -OCH3 is 1. The molecule has 0 aliphatic carbocycles. The van der Waals surface area contributed by atoms with Crippen LogP contribution in [0.25, 0.3) is 0 Å². The van der Waals surface area contributed by atoms with Gasteiger partial charge in [0.1, 0.15) is 17.6 Å². The molecule has 3 aromatic rings. The van der Waals surface area contributed by atoms with E-state index in [0.29, 0.717) is 18.9 Å². The van der Waals surface area contributed by atoms with Crippen molar-refractivity contribution in [3.8, 4) is 17.4 Å². The topological polar surface area (TPSA) is 64.1 Å². The van der Waals surface area contributed by atoms with Gasteiger partial charge in [0.2, 0.25) is 5.88 Å². The van der Waals surface area contributed by atoms with Gasteiger partial charge in [-0.2, -0.15) is 0 Å². The number of pyridine rings is 1. The van der Waals surface area contributed by atoms with Crippen LogP contribution in [0.3, 0.4) is 0 Å². The number of para-hydroxylation sites is 1. The maximum absolute atomic E-state index is 9.62. The van der Waals surface area contributed by atoms with Crippen LogP contribution in [0, 0.1) is 0 Å². The first-order valence-electron chi connectivity index (χ1n) is 10.6. The molecule has 2 aromatic carbocycles. The van der Waals surface area contributed by atoms with E-state index < -0.39 is 0 Å². The van der Waals surface area contributed by atoms with Crippen LogP contribution in [0.4, 0.5) is 5.69 Å². The number of anilines is 1. The van der Waals surface area contributed by atoms with E-state index in [9.17, 15) is 5.11 Å². The second kappa shape index (κ2) is 10.3. The third kappa shape index (κ3) is 5.34. The summed E-state index contributed by atoms with van der Waals surface area (Å²) in [6, 6.07) is 19.6. The summed E-state index contributed by atoms with van der Waals surface area (Å²) in [5.41, 5.74) is 3.16. The Morgan fingerprint density at radius 2 is 1.94 bits per heavy atom. The summed E-state index contributed by atoms with van der Waals surface area (Å²) >= 11 is 0. The van der Waals surface area contributed by atoms with E-state index in [2.05, 4.69) is 16.0 Å². The number of hydrogen-bond donors (Lipinski definition) is 1. The first kappa shape index (κ1) is 21.2. The fourth-order valence-electron chi connectivity index (χ4n) is 3.89. The molecule has 1 fully saturated rings. The highest BCUT2D eigenvalue weighted by molar-refractivity contribution is 5.58. The molecule has 1 aliphatic heterocycles. The lowest BCUT2D eigenvalue weighted by Crippen LogP contribution is -2.25. The molecule has 4 rings (SSSR count). The van der Waals surface area contributed by atoms with Gasteiger partial charge in [-0.15, -0.1) is 0 Å². The lowest BCUT2D eigenvalue weighted by atomic mass is 10.1. The molecule has 6 nitrogen and oxygen atoms in total. The van der Waals surface area contributed by atoms with Gasteiger partial charge in [-0.25, -0.2) is 4.98 Å². The molecule has 0 spiro atoms. The Morgan fingerprint density at radius 3 is 2.74 bits per heavy atom. The van der Waals surface area contributed by atoms with E-state index in [-0.39, 0.29) is 12.7 Å². The summed E-state index contributed by atoms with van der Waals surface area (Å²) in [6.07, 6.45) is 3.32. The minimum Gasteiger partial charge on any atom is -0.472 e. The van der Waals surface area contributed by atoms with E-state index in [0.717, 1.165) is 47.8 Å². The molecule has 1 aliphatic rings. The zero-order valence-corrected chi connectivity index (χ0v) is 17.7. The standard InChI is InChI=1S/C25H28N2O4/c1-29-18-20-6-2-3-7-24(20)30-21-9-10-23(19(16-21)12-15-28)27-14-11-22(17-27)31-25-8-4-5-13-26-25/h2-10,13,16,22,28H,11-12,14-15,17-18H2,1H3. The molecule has 0 amide bonds. The van der Waals surface area contributed by atoms with Gasteiger partial charge in [-0.1, -0.05) is 24.3 Å². The molecule has 1 unspecified atom stereocenters. The second-order valence-electron chi connectivity index (χ2n) is 7.55. The monoisotopic (exact) mass is 420 g/mol. The van der Waals surface area contributed by atoms with Crippen molar-refractivity contribution in [2.75, 3.05) is 31.7 Å². The van der Waals surface area contributed by atoms with Gasteiger partial charge in [0.15, 0.2) is 0 Å². The molecule has 1 N–H and O–H groups in total. The van der Waals surface area contributed by atoms with Crippen molar-refractivity contribution in [3.05, 3.63) is 78.0 Å². The van der Waals surface area contributed by atoms with Crippen molar-refractivity contribution in [3.63, 3.8) is 0 Å². The maximum Gasteiger partial charge on any atom is 0.213 e. The summed E-state index contributed by atoms with van der Waals surface area (Å²) < 4.78 is 17.5. The highest BCUT2D eigenvalue weighted by Gasteiger charge is 2.26. The zero-order chi connectivity index (χ0) is 21.5. The first-order chi connectivity index (χ1) is 15.3. The molecule has 162 valence electrons. The van der Waals surface area contributed by atoms with Crippen LogP contribution in [0.5, 0.6) is 17.4 Å². The molecule has 0 saturated carbocycles.